The number of nitrogens with zero attached hydrogens (tertiary/aromatic N) is 2. The number of rotatable bonds is 7. The number of aromatic nitrogens is 2. The first-order valence-electron chi connectivity index (χ1n) is 11.2. The SMILES string of the molecule is COC(=O)c1cc(-c2nc3cc(C[C@H](C(=O)O)C4CC4)cc4c3n2CCCO4)ccc1OC. The van der Waals surface area contributed by atoms with Gasteiger partial charge in [0.05, 0.1) is 32.3 Å². The van der Waals surface area contributed by atoms with Crippen LogP contribution >= 0.6 is 0 Å². The highest BCUT2D eigenvalue weighted by molar-refractivity contribution is 5.94. The minimum absolute atomic E-state index is 0.252. The van der Waals surface area contributed by atoms with E-state index in [0.29, 0.717) is 24.3 Å². The van der Waals surface area contributed by atoms with Gasteiger partial charge in [-0.05, 0) is 67.5 Å². The predicted octanol–water partition coefficient (Wildman–Crippen LogP) is 3.93. The van der Waals surface area contributed by atoms with Crippen LogP contribution in [0.4, 0.5) is 0 Å². The number of carboxylic acids is 1. The van der Waals surface area contributed by atoms with Crippen molar-refractivity contribution in [3.8, 4) is 22.9 Å². The lowest BCUT2D eigenvalue weighted by atomic mass is 9.94. The van der Waals surface area contributed by atoms with E-state index in [9.17, 15) is 14.7 Å². The van der Waals surface area contributed by atoms with Gasteiger partial charge >= 0.3 is 11.9 Å². The summed E-state index contributed by atoms with van der Waals surface area (Å²) in [6, 6.07) is 9.27. The van der Waals surface area contributed by atoms with E-state index in [1.165, 1.54) is 14.2 Å². The Labute approximate surface area is 191 Å². The standard InChI is InChI=1S/C25H26N2O6/c1-31-20-7-6-16(13-18(20)25(30)32-2)23-26-19-11-14(10-17(24(28)29)15-4-5-15)12-21-22(19)27(23)8-3-9-33-21/h6-7,11-13,15,17H,3-5,8-10H2,1-2H3,(H,28,29)/t17-/m0/s1. The molecule has 8 nitrogen and oxygen atoms in total. The molecule has 8 heteroatoms. The molecule has 0 unspecified atom stereocenters. The number of ether oxygens (including phenoxy) is 3. The molecular weight excluding hydrogens is 424 g/mol. The normalized spacial score (nSPS) is 16.1. The Balaban J connectivity index is 1.61. The van der Waals surface area contributed by atoms with Crippen molar-refractivity contribution < 1.29 is 28.9 Å². The number of aryl methyl sites for hydroxylation is 1. The molecule has 1 atom stereocenters. The zero-order valence-corrected chi connectivity index (χ0v) is 18.7. The van der Waals surface area contributed by atoms with E-state index in [-0.39, 0.29) is 11.8 Å². The van der Waals surface area contributed by atoms with Crippen molar-refractivity contribution in [1.82, 2.24) is 9.55 Å². The minimum atomic E-state index is -0.746. The van der Waals surface area contributed by atoms with Gasteiger partial charge in [-0.15, -0.1) is 0 Å². The molecule has 1 N–H and O–H groups in total. The van der Waals surface area contributed by atoms with E-state index >= 15 is 0 Å². The Bertz CT molecular complexity index is 1240. The van der Waals surface area contributed by atoms with Gasteiger partial charge in [0.15, 0.2) is 0 Å². The van der Waals surface area contributed by atoms with Crippen LogP contribution in [0.3, 0.4) is 0 Å². The summed E-state index contributed by atoms with van der Waals surface area (Å²) >= 11 is 0. The van der Waals surface area contributed by atoms with Crippen LogP contribution in [-0.4, -0.2) is 47.4 Å². The molecule has 1 saturated carbocycles. The number of benzene rings is 2. The van der Waals surface area contributed by atoms with Gasteiger partial charge in [-0.3, -0.25) is 4.79 Å². The first kappa shape index (κ1) is 21.3. The van der Waals surface area contributed by atoms with Crippen molar-refractivity contribution in [2.45, 2.75) is 32.2 Å². The quantitative estimate of drug-likeness (QED) is 0.544. The lowest BCUT2D eigenvalue weighted by molar-refractivity contribution is -0.142. The maximum Gasteiger partial charge on any atom is 0.341 e. The highest BCUT2D eigenvalue weighted by atomic mass is 16.5. The number of carbonyl (C=O) groups excluding carboxylic acids is 1. The zero-order chi connectivity index (χ0) is 23.1. The molecule has 2 aromatic carbocycles. The van der Waals surface area contributed by atoms with Gasteiger partial charge in [0, 0.05) is 12.1 Å². The largest absolute Gasteiger partial charge is 0.496 e. The number of carboxylic acid groups (broad SMARTS) is 1. The van der Waals surface area contributed by atoms with Crippen LogP contribution in [-0.2, 0) is 22.5 Å². The van der Waals surface area contributed by atoms with Crippen LogP contribution in [0.15, 0.2) is 30.3 Å². The van der Waals surface area contributed by atoms with Crippen LogP contribution in [0, 0.1) is 11.8 Å². The third kappa shape index (κ3) is 3.90. The monoisotopic (exact) mass is 450 g/mol. The van der Waals surface area contributed by atoms with Crippen molar-refractivity contribution in [3.63, 3.8) is 0 Å². The molecule has 1 fully saturated rings. The number of hydrogen-bond acceptors (Lipinski definition) is 6. The second-order valence-electron chi connectivity index (χ2n) is 8.64. The maximum atomic E-state index is 12.3. The predicted molar refractivity (Wildman–Crippen MR) is 121 cm³/mol. The summed E-state index contributed by atoms with van der Waals surface area (Å²) in [5.74, 6) is 0.521. The van der Waals surface area contributed by atoms with Crippen molar-refractivity contribution in [2.75, 3.05) is 20.8 Å². The summed E-state index contributed by atoms with van der Waals surface area (Å²) < 4.78 is 18.4. The second kappa shape index (κ2) is 8.42. The third-order valence-corrected chi connectivity index (χ3v) is 6.48. The first-order chi connectivity index (χ1) is 16.0. The van der Waals surface area contributed by atoms with Crippen molar-refractivity contribution >= 4 is 23.0 Å². The fraction of sp³-hybridized carbons (Fsp3) is 0.400. The molecule has 33 heavy (non-hydrogen) atoms. The van der Waals surface area contributed by atoms with Crippen LogP contribution in [0.1, 0.15) is 35.2 Å². The van der Waals surface area contributed by atoms with Gasteiger partial charge in [0.1, 0.15) is 28.4 Å². The molecule has 1 aliphatic carbocycles. The number of carbonyl (C=O) groups is 2. The Morgan fingerprint density at radius 1 is 1.24 bits per heavy atom. The number of esters is 1. The number of hydrogen-bond donors (Lipinski definition) is 1. The molecule has 2 aliphatic rings. The average Bonchev–Trinajstić information content (AvgIpc) is 3.62. The second-order valence-corrected chi connectivity index (χ2v) is 8.64. The Morgan fingerprint density at radius 3 is 2.76 bits per heavy atom. The molecule has 0 bridgehead atoms. The molecule has 0 spiro atoms. The van der Waals surface area contributed by atoms with Crippen LogP contribution in [0.5, 0.6) is 11.5 Å². The number of aliphatic carboxylic acids is 1. The van der Waals surface area contributed by atoms with Gasteiger partial charge in [-0.25, -0.2) is 9.78 Å². The van der Waals surface area contributed by atoms with E-state index in [4.69, 9.17) is 19.2 Å². The summed E-state index contributed by atoms with van der Waals surface area (Å²) in [5, 5.41) is 9.67. The van der Waals surface area contributed by atoms with Gasteiger partial charge in [-0.2, -0.15) is 0 Å². The van der Waals surface area contributed by atoms with E-state index in [2.05, 4.69) is 4.57 Å². The highest BCUT2D eigenvalue weighted by Gasteiger charge is 2.36. The Morgan fingerprint density at radius 2 is 2.06 bits per heavy atom. The molecular formula is C25H26N2O6. The molecule has 0 saturated heterocycles. The highest BCUT2D eigenvalue weighted by Crippen LogP contribution is 2.41. The van der Waals surface area contributed by atoms with Crippen LogP contribution < -0.4 is 9.47 Å². The smallest absolute Gasteiger partial charge is 0.341 e. The molecule has 1 aliphatic heterocycles. The summed E-state index contributed by atoms with van der Waals surface area (Å²) in [4.78, 5) is 29.0. The summed E-state index contributed by atoms with van der Waals surface area (Å²) in [5.41, 5.74) is 3.66. The zero-order valence-electron chi connectivity index (χ0n) is 18.7. The Kier molecular flexibility index (Phi) is 5.44. The first-order valence-corrected chi connectivity index (χ1v) is 11.2. The van der Waals surface area contributed by atoms with Crippen LogP contribution in [0.2, 0.25) is 0 Å². The van der Waals surface area contributed by atoms with E-state index in [0.717, 1.165) is 59.5 Å². The summed E-state index contributed by atoms with van der Waals surface area (Å²) in [6.45, 7) is 1.29. The van der Waals surface area contributed by atoms with Gasteiger partial charge in [0.2, 0.25) is 0 Å². The molecule has 172 valence electrons. The number of methoxy groups -OCH3 is 2. The van der Waals surface area contributed by atoms with Gasteiger partial charge < -0.3 is 23.9 Å². The molecule has 0 radical (unpaired) electrons. The molecule has 3 aromatic rings. The third-order valence-electron chi connectivity index (χ3n) is 6.48. The van der Waals surface area contributed by atoms with Crippen molar-refractivity contribution in [3.05, 3.63) is 41.5 Å². The lowest BCUT2D eigenvalue weighted by Gasteiger charge is -2.13. The van der Waals surface area contributed by atoms with Gasteiger partial charge in [-0.1, -0.05) is 0 Å². The molecule has 1 aromatic heterocycles. The van der Waals surface area contributed by atoms with Gasteiger partial charge in [0.25, 0.3) is 0 Å². The average molecular weight is 450 g/mol. The maximum absolute atomic E-state index is 12.3. The summed E-state index contributed by atoms with van der Waals surface area (Å²) in [7, 11) is 2.85. The fourth-order valence-electron chi connectivity index (χ4n) is 4.68. The topological polar surface area (TPSA) is 99.9 Å². The van der Waals surface area contributed by atoms with Crippen molar-refractivity contribution in [2.24, 2.45) is 11.8 Å². The summed E-state index contributed by atoms with van der Waals surface area (Å²) in [6.07, 6.45) is 3.22. The fourth-order valence-corrected chi connectivity index (χ4v) is 4.68. The molecule has 5 rings (SSSR count). The van der Waals surface area contributed by atoms with E-state index < -0.39 is 11.9 Å². The molecule has 2 heterocycles. The lowest BCUT2D eigenvalue weighted by Crippen LogP contribution is -2.18. The number of imidazole rings is 1. The Hall–Kier alpha value is -3.55. The molecule has 0 amide bonds. The van der Waals surface area contributed by atoms with Crippen LogP contribution in [0.25, 0.3) is 22.4 Å². The van der Waals surface area contributed by atoms with Crippen molar-refractivity contribution in [1.29, 1.82) is 0 Å². The minimum Gasteiger partial charge on any atom is -0.496 e. The van der Waals surface area contributed by atoms with E-state index in [1.54, 1.807) is 12.1 Å². The van der Waals surface area contributed by atoms with E-state index in [1.807, 2.05) is 18.2 Å².